The van der Waals surface area contributed by atoms with Gasteiger partial charge >= 0.3 is 6.09 Å². The van der Waals surface area contributed by atoms with Crippen LogP contribution < -0.4 is 14.2 Å². The van der Waals surface area contributed by atoms with Gasteiger partial charge in [0.05, 0.1) is 26.8 Å². The number of ketones is 1. The predicted molar refractivity (Wildman–Crippen MR) is 156 cm³/mol. The first-order valence-corrected chi connectivity index (χ1v) is 13.8. The summed E-state index contributed by atoms with van der Waals surface area (Å²) in [7, 11) is 5.03. The minimum atomic E-state index is -0.459. The second-order valence-electron chi connectivity index (χ2n) is 10.5. The summed E-state index contributed by atoms with van der Waals surface area (Å²) in [6.07, 6.45) is 3.92. The maximum atomic E-state index is 14.4. The van der Waals surface area contributed by atoms with Crippen LogP contribution in [0.5, 0.6) is 17.2 Å². The molecule has 0 spiro atoms. The summed E-state index contributed by atoms with van der Waals surface area (Å²) in [6, 6.07) is 9.92. The molecule has 0 unspecified atom stereocenters. The van der Waals surface area contributed by atoms with Crippen LogP contribution in [0.15, 0.2) is 52.7 Å². The van der Waals surface area contributed by atoms with E-state index in [1.807, 2.05) is 20.0 Å². The molecule has 42 heavy (non-hydrogen) atoms. The normalized spacial score (nSPS) is 16.1. The molecule has 1 fully saturated rings. The minimum absolute atomic E-state index is 0.0126. The van der Waals surface area contributed by atoms with Gasteiger partial charge in [-0.1, -0.05) is 11.2 Å². The Morgan fingerprint density at radius 1 is 1.02 bits per heavy atom. The molecule has 10 heteroatoms. The lowest BCUT2D eigenvalue weighted by Gasteiger charge is -2.31. The van der Waals surface area contributed by atoms with Gasteiger partial charge in [0.15, 0.2) is 11.5 Å². The summed E-state index contributed by atoms with van der Waals surface area (Å²) < 4.78 is 36.4. The third-order valence-electron chi connectivity index (χ3n) is 7.71. The van der Waals surface area contributed by atoms with Gasteiger partial charge in [0, 0.05) is 38.7 Å². The molecule has 1 aromatic heterocycles. The Morgan fingerprint density at radius 2 is 1.74 bits per heavy atom. The SMILES string of the molecule is COc1cc(/C=C2/C(C)=C(CCC(=O)Cc3ccno3)c3cc(F)ccc32)cc(OC)c1OC(=O)N1CCN(C)CC1. The van der Waals surface area contributed by atoms with Crippen molar-refractivity contribution < 1.29 is 32.7 Å². The number of fused-ring (bicyclic) bond motifs is 1. The largest absolute Gasteiger partial charge is 0.493 e. The number of piperazine rings is 1. The fraction of sp³-hybridized carbons (Fsp3) is 0.344. The molecule has 2 heterocycles. The standard InChI is InChI=1S/C32H34FN3O6/c1-20-25(8-6-23(37)19-24-9-10-34-42-24)28-18-22(33)5-7-26(28)27(20)15-21-16-29(39-3)31(30(17-21)40-4)41-32(38)36-13-11-35(2)12-14-36/h5,7,9-10,15-18H,6,8,11-14,19H2,1-4H3/b27-15-. The highest BCUT2D eigenvalue weighted by Gasteiger charge is 2.27. The van der Waals surface area contributed by atoms with Gasteiger partial charge in [-0.15, -0.1) is 0 Å². The number of hydrogen-bond donors (Lipinski definition) is 0. The van der Waals surface area contributed by atoms with Gasteiger partial charge in [-0.3, -0.25) is 4.79 Å². The van der Waals surface area contributed by atoms with Crippen LogP contribution >= 0.6 is 0 Å². The third kappa shape index (κ3) is 6.23. The topological polar surface area (TPSA) is 94.3 Å². The van der Waals surface area contributed by atoms with E-state index in [1.54, 1.807) is 29.2 Å². The Morgan fingerprint density at radius 3 is 2.38 bits per heavy atom. The van der Waals surface area contributed by atoms with E-state index in [1.165, 1.54) is 32.5 Å². The highest BCUT2D eigenvalue weighted by atomic mass is 19.1. The Kier molecular flexibility index (Phi) is 8.72. The van der Waals surface area contributed by atoms with E-state index < -0.39 is 6.09 Å². The average Bonchev–Trinajstić information content (AvgIpc) is 3.58. The molecule has 9 nitrogen and oxygen atoms in total. The monoisotopic (exact) mass is 575 g/mol. The lowest BCUT2D eigenvalue weighted by atomic mass is 9.98. The quantitative estimate of drug-likeness (QED) is 0.330. The summed E-state index contributed by atoms with van der Waals surface area (Å²) in [6.45, 7) is 4.66. The summed E-state index contributed by atoms with van der Waals surface area (Å²) >= 11 is 0. The lowest BCUT2D eigenvalue weighted by Crippen LogP contribution is -2.48. The predicted octanol–water partition coefficient (Wildman–Crippen LogP) is 5.50. The number of allylic oxidation sites excluding steroid dienone is 3. The van der Waals surface area contributed by atoms with Crippen molar-refractivity contribution in [1.29, 1.82) is 0 Å². The highest BCUT2D eigenvalue weighted by Crippen LogP contribution is 2.46. The first-order valence-electron chi connectivity index (χ1n) is 13.8. The Labute approximate surface area is 244 Å². The molecule has 1 aliphatic carbocycles. The molecule has 220 valence electrons. The van der Waals surface area contributed by atoms with Crippen LogP contribution in [0.1, 0.15) is 42.2 Å². The fourth-order valence-corrected chi connectivity index (χ4v) is 5.35. The van der Waals surface area contributed by atoms with E-state index in [9.17, 15) is 14.0 Å². The highest BCUT2D eigenvalue weighted by molar-refractivity contribution is 6.05. The first kappa shape index (κ1) is 29.1. The zero-order valence-electron chi connectivity index (χ0n) is 24.2. The van der Waals surface area contributed by atoms with Gasteiger partial charge in [-0.25, -0.2) is 9.18 Å². The van der Waals surface area contributed by atoms with Gasteiger partial charge in [0.2, 0.25) is 5.75 Å². The van der Waals surface area contributed by atoms with Crippen LogP contribution in [-0.2, 0) is 11.2 Å². The molecule has 1 amide bonds. The fourth-order valence-electron chi connectivity index (χ4n) is 5.35. The number of carbonyl (C=O) groups excluding carboxylic acids is 2. The number of hydrogen-bond acceptors (Lipinski definition) is 8. The Bertz CT molecular complexity index is 1510. The molecule has 0 N–H and O–H groups in total. The lowest BCUT2D eigenvalue weighted by molar-refractivity contribution is -0.118. The summed E-state index contributed by atoms with van der Waals surface area (Å²) in [5.41, 5.74) is 5.15. The van der Waals surface area contributed by atoms with E-state index in [-0.39, 0.29) is 30.2 Å². The van der Waals surface area contributed by atoms with E-state index in [0.29, 0.717) is 36.8 Å². The molecular formula is C32H34FN3O6. The van der Waals surface area contributed by atoms with Crippen LogP contribution in [0, 0.1) is 5.82 Å². The molecule has 1 aliphatic heterocycles. The van der Waals surface area contributed by atoms with Gasteiger partial charge in [-0.2, -0.15) is 0 Å². The van der Waals surface area contributed by atoms with Crippen LogP contribution in [0.4, 0.5) is 9.18 Å². The minimum Gasteiger partial charge on any atom is -0.493 e. The van der Waals surface area contributed by atoms with Crippen molar-refractivity contribution in [3.63, 3.8) is 0 Å². The smallest absolute Gasteiger partial charge is 0.415 e. The second kappa shape index (κ2) is 12.6. The van der Waals surface area contributed by atoms with Gasteiger partial charge in [0.25, 0.3) is 0 Å². The van der Waals surface area contributed by atoms with Crippen molar-refractivity contribution in [3.05, 3.63) is 76.4 Å². The van der Waals surface area contributed by atoms with Crippen molar-refractivity contribution in [3.8, 4) is 17.2 Å². The molecular weight excluding hydrogens is 541 g/mol. The molecule has 0 atom stereocenters. The van der Waals surface area contributed by atoms with Crippen molar-refractivity contribution in [2.75, 3.05) is 47.4 Å². The van der Waals surface area contributed by atoms with Crippen molar-refractivity contribution in [2.45, 2.75) is 26.2 Å². The van der Waals surface area contributed by atoms with Crippen LogP contribution in [0.2, 0.25) is 0 Å². The zero-order chi connectivity index (χ0) is 29.8. The number of amides is 1. The number of rotatable bonds is 9. The molecule has 1 saturated heterocycles. The van der Waals surface area contributed by atoms with Crippen LogP contribution in [0.25, 0.3) is 17.2 Å². The average molecular weight is 576 g/mol. The summed E-state index contributed by atoms with van der Waals surface area (Å²) in [5.74, 6) is 1.09. The van der Waals surface area contributed by atoms with Gasteiger partial charge < -0.3 is 28.5 Å². The number of aromatic nitrogens is 1. The number of ether oxygens (including phenoxy) is 3. The second-order valence-corrected chi connectivity index (χ2v) is 10.5. The molecule has 2 aliphatic rings. The van der Waals surface area contributed by atoms with E-state index >= 15 is 0 Å². The van der Waals surface area contributed by atoms with Crippen LogP contribution in [-0.4, -0.2) is 74.3 Å². The molecule has 2 aromatic carbocycles. The summed E-state index contributed by atoms with van der Waals surface area (Å²) in [4.78, 5) is 29.3. The molecule has 0 radical (unpaired) electrons. The first-order chi connectivity index (χ1) is 20.3. The number of halogens is 1. The van der Waals surface area contributed by atoms with Crippen molar-refractivity contribution in [1.82, 2.24) is 15.0 Å². The Balaban J connectivity index is 1.43. The van der Waals surface area contributed by atoms with E-state index in [2.05, 4.69) is 10.1 Å². The number of Topliss-reactive ketones (excluding diaryl/α,β-unsaturated/α-hetero) is 1. The number of benzene rings is 2. The van der Waals surface area contributed by atoms with E-state index in [4.69, 9.17) is 18.7 Å². The number of carbonyl (C=O) groups is 2. The maximum absolute atomic E-state index is 14.4. The molecule has 3 aromatic rings. The van der Waals surface area contributed by atoms with E-state index in [0.717, 1.165) is 46.5 Å². The molecule has 5 rings (SSSR count). The third-order valence-corrected chi connectivity index (χ3v) is 7.71. The van der Waals surface area contributed by atoms with Crippen LogP contribution in [0.3, 0.4) is 0 Å². The molecule has 0 bridgehead atoms. The van der Waals surface area contributed by atoms with Crippen molar-refractivity contribution in [2.24, 2.45) is 0 Å². The van der Waals surface area contributed by atoms with Gasteiger partial charge in [-0.05, 0) is 84.1 Å². The number of methoxy groups -OCH3 is 2. The maximum Gasteiger partial charge on any atom is 0.415 e. The van der Waals surface area contributed by atoms with Gasteiger partial charge in [0.1, 0.15) is 17.4 Å². The zero-order valence-corrected chi connectivity index (χ0v) is 24.2. The number of nitrogens with zero attached hydrogens (tertiary/aromatic N) is 3. The Hall–Kier alpha value is -4.44. The molecule has 0 saturated carbocycles. The van der Waals surface area contributed by atoms with Crippen molar-refractivity contribution >= 4 is 29.1 Å². The number of likely N-dealkylation sites (N-methyl/N-ethyl adjacent to an activating group) is 1. The summed E-state index contributed by atoms with van der Waals surface area (Å²) in [5, 5.41) is 3.65.